The van der Waals surface area contributed by atoms with Gasteiger partial charge in [-0.2, -0.15) is 5.26 Å². The molecule has 1 heterocycles. The average molecular weight is 318 g/mol. The van der Waals surface area contributed by atoms with E-state index in [0.717, 1.165) is 27.6 Å². The minimum atomic E-state index is -0.273. The van der Waals surface area contributed by atoms with Crippen molar-refractivity contribution < 1.29 is 9.53 Å². The number of aromatic nitrogens is 1. The third-order valence-corrected chi connectivity index (χ3v) is 3.95. The Hall–Kier alpha value is -3.06. The normalized spacial score (nSPS) is 10.5. The van der Waals surface area contributed by atoms with Crippen LogP contribution >= 0.6 is 0 Å². The van der Waals surface area contributed by atoms with Gasteiger partial charge in [0.1, 0.15) is 6.54 Å². The van der Waals surface area contributed by atoms with E-state index in [1.54, 1.807) is 6.92 Å². The van der Waals surface area contributed by atoms with Gasteiger partial charge in [-0.25, -0.2) is 0 Å². The fourth-order valence-corrected chi connectivity index (χ4v) is 2.88. The van der Waals surface area contributed by atoms with E-state index in [9.17, 15) is 4.79 Å². The fraction of sp³-hybridized carbons (Fsp3) is 0.200. The summed E-state index contributed by atoms with van der Waals surface area (Å²) in [6, 6.07) is 18.4. The van der Waals surface area contributed by atoms with Crippen molar-refractivity contribution in [1.82, 2.24) is 4.57 Å². The molecule has 0 aliphatic heterocycles. The van der Waals surface area contributed by atoms with Gasteiger partial charge in [-0.05, 0) is 35.7 Å². The summed E-state index contributed by atoms with van der Waals surface area (Å²) in [6.07, 6.45) is 2.18. The highest BCUT2D eigenvalue weighted by Crippen LogP contribution is 2.28. The van der Waals surface area contributed by atoms with Gasteiger partial charge in [0.05, 0.1) is 19.1 Å². The molecule has 0 radical (unpaired) electrons. The molecule has 3 rings (SSSR count). The Morgan fingerprint density at radius 1 is 1.17 bits per heavy atom. The van der Waals surface area contributed by atoms with E-state index in [4.69, 9.17) is 10.00 Å². The molecule has 120 valence electrons. The van der Waals surface area contributed by atoms with Crippen molar-refractivity contribution in [3.63, 3.8) is 0 Å². The van der Waals surface area contributed by atoms with Crippen LogP contribution in [-0.2, 0) is 22.5 Å². The highest BCUT2D eigenvalue weighted by atomic mass is 16.5. The summed E-state index contributed by atoms with van der Waals surface area (Å²) < 4.78 is 6.89. The van der Waals surface area contributed by atoms with Crippen LogP contribution in [0.25, 0.3) is 22.0 Å². The van der Waals surface area contributed by atoms with E-state index in [-0.39, 0.29) is 12.5 Å². The molecule has 0 bridgehead atoms. The van der Waals surface area contributed by atoms with Crippen molar-refractivity contribution in [3.05, 3.63) is 60.3 Å². The summed E-state index contributed by atoms with van der Waals surface area (Å²) in [4.78, 5) is 11.8. The third-order valence-electron chi connectivity index (χ3n) is 3.95. The number of carbonyl (C=O) groups excluding carboxylic acids is 1. The van der Waals surface area contributed by atoms with Gasteiger partial charge in [-0.15, -0.1) is 0 Å². The van der Waals surface area contributed by atoms with Crippen LogP contribution in [-0.4, -0.2) is 17.1 Å². The Labute approximate surface area is 140 Å². The van der Waals surface area contributed by atoms with Crippen molar-refractivity contribution in [1.29, 1.82) is 5.26 Å². The Balaban J connectivity index is 2.06. The van der Waals surface area contributed by atoms with Gasteiger partial charge < -0.3 is 9.30 Å². The minimum Gasteiger partial charge on any atom is -0.465 e. The number of rotatable bonds is 5. The van der Waals surface area contributed by atoms with Crippen LogP contribution in [0.4, 0.5) is 0 Å². The molecule has 3 aromatic rings. The number of fused-ring (bicyclic) bond motifs is 1. The first-order chi connectivity index (χ1) is 11.7. The topological polar surface area (TPSA) is 55.0 Å². The molecule has 24 heavy (non-hydrogen) atoms. The fourth-order valence-electron chi connectivity index (χ4n) is 2.88. The quantitative estimate of drug-likeness (QED) is 0.670. The lowest BCUT2D eigenvalue weighted by Crippen LogP contribution is -2.12. The zero-order valence-electron chi connectivity index (χ0n) is 13.5. The standard InChI is InChI=1S/C20H18N2O2/c1-2-24-20(23)14-22-13-17(10-11-21)18-12-16(8-9-19(18)22)15-6-4-3-5-7-15/h3-9,12-13H,2,10,14H2,1H3. The first-order valence-electron chi connectivity index (χ1n) is 7.92. The summed E-state index contributed by atoms with van der Waals surface area (Å²) in [5.74, 6) is -0.273. The number of esters is 1. The van der Waals surface area contributed by atoms with Crippen LogP contribution < -0.4 is 0 Å². The van der Waals surface area contributed by atoms with Gasteiger partial charge in [-0.1, -0.05) is 36.4 Å². The van der Waals surface area contributed by atoms with Crippen LogP contribution in [0.3, 0.4) is 0 Å². The second-order valence-electron chi connectivity index (χ2n) is 5.52. The summed E-state index contributed by atoms with van der Waals surface area (Å²) in [5, 5.41) is 10.1. The molecular weight excluding hydrogens is 300 g/mol. The van der Waals surface area contributed by atoms with Crippen LogP contribution in [0, 0.1) is 11.3 Å². The number of hydrogen-bond acceptors (Lipinski definition) is 3. The lowest BCUT2D eigenvalue weighted by molar-refractivity contribution is -0.143. The summed E-state index contributed by atoms with van der Waals surface area (Å²) in [5.41, 5.74) is 4.08. The molecule has 0 amide bonds. The summed E-state index contributed by atoms with van der Waals surface area (Å²) >= 11 is 0. The lowest BCUT2D eigenvalue weighted by atomic mass is 10.0. The molecule has 2 aromatic carbocycles. The van der Waals surface area contributed by atoms with Crippen molar-refractivity contribution >= 4 is 16.9 Å². The van der Waals surface area contributed by atoms with E-state index in [1.807, 2.05) is 41.1 Å². The van der Waals surface area contributed by atoms with Gasteiger partial charge in [0.2, 0.25) is 0 Å². The Bertz CT molecular complexity index is 905. The van der Waals surface area contributed by atoms with E-state index >= 15 is 0 Å². The molecule has 0 spiro atoms. The van der Waals surface area contributed by atoms with Crippen LogP contribution in [0.5, 0.6) is 0 Å². The van der Waals surface area contributed by atoms with E-state index in [2.05, 4.69) is 24.3 Å². The van der Waals surface area contributed by atoms with Gasteiger partial charge >= 0.3 is 5.97 Å². The maximum absolute atomic E-state index is 11.8. The van der Waals surface area contributed by atoms with Crippen LogP contribution in [0.1, 0.15) is 12.5 Å². The second-order valence-corrected chi connectivity index (χ2v) is 5.52. The number of carbonyl (C=O) groups is 1. The number of ether oxygens (including phenoxy) is 1. The Kier molecular flexibility index (Phi) is 4.62. The minimum absolute atomic E-state index is 0.153. The van der Waals surface area contributed by atoms with Crippen LogP contribution in [0.2, 0.25) is 0 Å². The van der Waals surface area contributed by atoms with Gasteiger partial charge in [0.25, 0.3) is 0 Å². The number of nitrogens with zero attached hydrogens (tertiary/aromatic N) is 2. The largest absolute Gasteiger partial charge is 0.465 e. The monoisotopic (exact) mass is 318 g/mol. The summed E-state index contributed by atoms with van der Waals surface area (Å²) in [7, 11) is 0. The molecule has 0 fully saturated rings. The number of hydrogen-bond donors (Lipinski definition) is 0. The molecule has 1 aromatic heterocycles. The highest BCUT2D eigenvalue weighted by Gasteiger charge is 2.12. The zero-order chi connectivity index (χ0) is 16.9. The zero-order valence-corrected chi connectivity index (χ0v) is 13.5. The first-order valence-corrected chi connectivity index (χ1v) is 7.92. The molecule has 0 N–H and O–H groups in total. The van der Waals surface area contributed by atoms with E-state index in [1.165, 1.54) is 0 Å². The highest BCUT2D eigenvalue weighted by molar-refractivity contribution is 5.89. The van der Waals surface area contributed by atoms with Crippen LogP contribution in [0.15, 0.2) is 54.7 Å². The molecule has 0 atom stereocenters. The van der Waals surface area contributed by atoms with Gasteiger partial charge in [0.15, 0.2) is 0 Å². The molecule has 0 aliphatic rings. The molecular formula is C20H18N2O2. The first kappa shape index (κ1) is 15.8. The third kappa shape index (κ3) is 3.16. The van der Waals surface area contributed by atoms with E-state index in [0.29, 0.717) is 13.0 Å². The smallest absolute Gasteiger partial charge is 0.325 e. The van der Waals surface area contributed by atoms with Crippen molar-refractivity contribution in [3.8, 4) is 17.2 Å². The van der Waals surface area contributed by atoms with Crippen molar-refractivity contribution in [2.24, 2.45) is 0 Å². The molecule has 0 unspecified atom stereocenters. The molecule has 0 aliphatic carbocycles. The van der Waals surface area contributed by atoms with Crippen molar-refractivity contribution in [2.75, 3.05) is 6.61 Å². The second kappa shape index (κ2) is 7.01. The predicted octanol–water partition coefficient (Wildman–Crippen LogP) is 3.94. The SMILES string of the molecule is CCOC(=O)Cn1cc(CC#N)c2cc(-c3ccccc3)ccc21. The van der Waals surface area contributed by atoms with Gasteiger partial charge in [0, 0.05) is 17.1 Å². The maximum atomic E-state index is 11.8. The lowest BCUT2D eigenvalue weighted by Gasteiger charge is -2.06. The molecule has 0 saturated carbocycles. The number of nitriles is 1. The molecule has 0 saturated heterocycles. The molecule has 4 heteroatoms. The number of benzene rings is 2. The van der Waals surface area contributed by atoms with Crippen molar-refractivity contribution in [2.45, 2.75) is 19.9 Å². The average Bonchev–Trinajstić information content (AvgIpc) is 2.93. The Morgan fingerprint density at radius 2 is 1.96 bits per heavy atom. The summed E-state index contributed by atoms with van der Waals surface area (Å²) in [6.45, 7) is 2.31. The van der Waals surface area contributed by atoms with E-state index < -0.39 is 0 Å². The Morgan fingerprint density at radius 3 is 2.67 bits per heavy atom. The predicted molar refractivity (Wildman–Crippen MR) is 93.3 cm³/mol. The maximum Gasteiger partial charge on any atom is 0.325 e. The van der Waals surface area contributed by atoms with Gasteiger partial charge in [-0.3, -0.25) is 4.79 Å². The molecule has 4 nitrogen and oxygen atoms in total.